The predicted octanol–water partition coefficient (Wildman–Crippen LogP) is 2.92. The molecule has 43 heavy (non-hydrogen) atoms. The van der Waals surface area contributed by atoms with Gasteiger partial charge in [0.05, 0.1) is 24.4 Å². The number of anilines is 2. The van der Waals surface area contributed by atoms with E-state index < -0.39 is 12.0 Å². The summed E-state index contributed by atoms with van der Waals surface area (Å²) < 4.78 is 35.5. The first kappa shape index (κ1) is 29.6. The Morgan fingerprint density at radius 1 is 1.23 bits per heavy atom. The molecule has 1 aromatic rings. The number of alkyl halides is 2. The van der Waals surface area contributed by atoms with E-state index in [1.807, 2.05) is 24.8 Å². The minimum absolute atomic E-state index is 0.0446. The first-order valence-electron chi connectivity index (χ1n) is 15.3. The third-order valence-corrected chi connectivity index (χ3v) is 9.64. The lowest BCUT2D eigenvalue weighted by atomic mass is 9.82. The number of fused-ring (bicyclic) bond motifs is 3. The highest BCUT2D eigenvalue weighted by Gasteiger charge is 2.46. The summed E-state index contributed by atoms with van der Waals surface area (Å²) in [7, 11) is 0. The maximum absolute atomic E-state index is 14.5. The van der Waals surface area contributed by atoms with Crippen molar-refractivity contribution in [3.63, 3.8) is 0 Å². The second-order valence-corrected chi connectivity index (χ2v) is 12.2. The fourth-order valence-corrected chi connectivity index (χ4v) is 7.15. The van der Waals surface area contributed by atoms with Gasteiger partial charge in [-0.2, -0.15) is 0 Å². The zero-order chi connectivity index (χ0) is 30.3. The molecule has 3 atom stereocenters. The number of aromatic nitrogens is 1. The molecule has 0 aromatic carbocycles. The van der Waals surface area contributed by atoms with Crippen LogP contribution in [0.3, 0.4) is 0 Å². The third-order valence-electron chi connectivity index (χ3n) is 9.64. The number of nitrogens with two attached hydrogens (primary N) is 1. The Bertz CT molecular complexity index is 1380. The molecular weight excluding hydrogens is 552 g/mol. The minimum atomic E-state index is -2.68. The van der Waals surface area contributed by atoms with E-state index >= 15 is 0 Å². The molecule has 1 aromatic heterocycles. The lowest BCUT2D eigenvalue weighted by Gasteiger charge is -2.54. The molecule has 0 bridgehead atoms. The van der Waals surface area contributed by atoms with E-state index in [2.05, 4.69) is 38.1 Å². The van der Waals surface area contributed by atoms with Gasteiger partial charge in [-0.25, -0.2) is 13.8 Å². The van der Waals surface area contributed by atoms with E-state index in [1.54, 1.807) is 6.20 Å². The van der Waals surface area contributed by atoms with E-state index in [1.165, 1.54) is 6.08 Å². The van der Waals surface area contributed by atoms with E-state index in [0.29, 0.717) is 76.4 Å². The number of rotatable bonds is 5. The Labute approximate surface area is 252 Å². The summed E-state index contributed by atoms with van der Waals surface area (Å²) in [5, 5.41) is 0. The number of pyridine rings is 1. The van der Waals surface area contributed by atoms with Crippen LogP contribution in [0.2, 0.25) is 0 Å². The fourth-order valence-electron chi connectivity index (χ4n) is 7.15. The number of carbonyl (C=O) groups excluding carboxylic acids is 1. The summed E-state index contributed by atoms with van der Waals surface area (Å²) in [6, 6.07) is 2.16. The van der Waals surface area contributed by atoms with Gasteiger partial charge in [0.15, 0.2) is 0 Å². The highest BCUT2D eigenvalue weighted by molar-refractivity contribution is 6.06. The molecule has 0 aliphatic carbocycles. The molecule has 2 N–H and O–H groups in total. The number of piperazine rings is 1. The molecule has 9 nitrogen and oxygen atoms in total. The number of nitrogens with zero attached hydrogens (tertiary/aromatic N) is 6. The Morgan fingerprint density at radius 3 is 2.65 bits per heavy atom. The van der Waals surface area contributed by atoms with Gasteiger partial charge in [-0.15, -0.1) is 5.92 Å². The van der Waals surface area contributed by atoms with Gasteiger partial charge >= 0.3 is 0 Å². The zero-order valence-electron chi connectivity index (χ0n) is 25.1. The molecule has 1 spiro atoms. The van der Waals surface area contributed by atoms with Gasteiger partial charge in [-0.05, 0) is 51.0 Å². The number of amides is 1. The Kier molecular flexibility index (Phi) is 8.18. The first-order valence-corrected chi connectivity index (χ1v) is 15.3. The van der Waals surface area contributed by atoms with Crippen molar-refractivity contribution < 1.29 is 18.3 Å². The van der Waals surface area contributed by atoms with Crippen molar-refractivity contribution in [2.24, 2.45) is 10.7 Å². The zero-order valence-corrected chi connectivity index (χ0v) is 25.1. The monoisotopic (exact) mass is 593 g/mol. The third kappa shape index (κ3) is 5.40. The highest BCUT2D eigenvalue weighted by atomic mass is 19.3. The maximum atomic E-state index is 14.5. The van der Waals surface area contributed by atoms with Crippen LogP contribution in [-0.2, 0) is 16.0 Å². The molecule has 5 aliphatic rings. The Balaban J connectivity index is 1.24. The Hall–Kier alpha value is -3.49. The van der Waals surface area contributed by atoms with Crippen molar-refractivity contribution >= 4 is 23.1 Å². The molecule has 0 saturated carbocycles. The number of carbonyl (C=O) groups is 1. The van der Waals surface area contributed by atoms with Gasteiger partial charge in [0.25, 0.3) is 6.43 Å². The van der Waals surface area contributed by atoms with Gasteiger partial charge < -0.3 is 25.2 Å². The van der Waals surface area contributed by atoms with Crippen LogP contribution < -0.4 is 15.5 Å². The molecule has 230 valence electrons. The van der Waals surface area contributed by atoms with Gasteiger partial charge in [0.1, 0.15) is 23.2 Å². The minimum Gasteiger partial charge on any atom is -0.404 e. The molecule has 6 heterocycles. The lowest BCUT2D eigenvalue weighted by molar-refractivity contribution is -0.128. The van der Waals surface area contributed by atoms with Crippen LogP contribution in [0.1, 0.15) is 50.8 Å². The van der Waals surface area contributed by atoms with E-state index in [9.17, 15) is 13.6 Å². The average Bonchev–Trinajstić information content (AvgIpc) is 3.01. The number of hydrogen-bond acceptors (Lipinski definition) is 8. The number of aliphatic imine (C=N–C) groups is 1. The summed E-state index contributed by atoms with van der Waals surface area (Å²) in [6.45, 7) is 12.9. The van der Waals surface area contributed by atoms with Crippen molar-refractivity contribution in [3.8, 4) is 11.8 Å². The standard InChI is InChI=1S/C32H41F2N7O2/c1-4-28(42)40-15-13-38(14-16-40)26-19-41-24(26)8-6-5-7-23-25(41)17-27(37-29(23)31(33)34)39-11-9-32(10-12-39)30(21(2)18-35)36-22(3)20-43-32/h4,17-18,22,24,26,31H,1,5,7,9-16,19-20,35H2,2-3H3/b21-18-. The van der Waals surface area contributed by atoms with Crippen LogP contribution in [0.4, 0.5) is 20.3 Å². The van der Waals surface area contributed by atoms with Crippen molar-refractivity contribution in [2.45, 2.75) is 69.7 Å². The number of halogens is 2. The molecule has 6 rings (SSSR count). The van der Waals surface area contributed by atoms with E-state index in [0.717, 1.165) is 30.1 Å². The quantitative estimate of drug-likeness (QED) is 0.415. The lowest BCUT2D eigenvalue weighted by Crippen LogP contribution is -2.69. The second kappa shape index (κ2) is 11.9. The van der Waals surface area contributed by atoms with Gasteiger partial charge in [-0.3, -0.25) is 14.7 Å². The normalized spacial score (nSPS) is 27.3. The van der Waals surface area contributed by atoms with Crippen LogP contribution >= 0.6 is 0 Å². The summed E-state index contributed by atoms with van der Waals surface area (Å²) in [4.78, 5) is 30.0. The largest absolute Gasteiger partial charge is 0.404 e. The first-order chi connectivity index (χ1) is 20.7. The van der Waals surface area contributed by atoms with E-state index in [-0.39, 0.29) is 29.7 Å². The molecular formula is C32H41F2N7O2. The summed E-state index contributed by atoms with van der Waals surface area (Å²) in [6.07, 6.45) is 2.58. The SMILES string of the molecule is C=CC(=O)N1CCN(C2CN3c4cc(N5CCC6(CC5)OCC(C)N=C6/C(C)=C\N)nc(C(F)F)c4CCC#CC23)CC1. The van der Waals surface area contributed by atoms with Crippen LogP contribution in [0, 0.1) is 11.8 Å². The highest BCUT2D eigenvalue weighted by Crippen LogP contribution is 2.41. The summed E-state index contributed by atoms with van der Waals surface area (Å²) in [5.74, 6) is 7.21. The van der Waals surface area contributed by atoms with Gasteiger partial charge in [0, 0.05) is 69.6 Å². The summed E-state index contributed by atoms with van der Waals surface area (Å²) >= 11 is 0. The van der Waals surface area contributed by atoms with Crippen molar-refractivity contribution in [2.75, 3.05) is 62.2 Å². The molecule has 11 heteroatoms. The average molecular weight is 594 g/mol. The van der Waals surface area contributed by atoms with Crippen LogP contribution in [0.25, 0.3) is 0 Å². The van der Waals surface area contributed by atoms with Crippen LogP contribution in [-0.4, -0.2) is 103 Å². The topological polar surface area (TPSA) is 90.5 Å². The van der Waals surface area contributed by atoms with Crippen molar-refractivity contribution in [1.29, 1.82) is 0 Å². The second-order valence-electron chi connectivity index (χ2n) is 12.2. The molecule has 3 saturated heterocycles. The van der Waals surface area contributed by atoms with Crippen LogP contribution in [0.5, 0.6) is 0 Å². The molecule has 0 radical (unpaired) electrons. The van der Waals surface area contributed by atoms with Gasteiger partial charge in [-0.1, -0.05) is 12.5 Å². The number of hydrogen-bond donors (Lipinski definition) is 1. The fraction of sp³-hybridized carbons (Fsp3) is 0.594. The van der Waals surface area contributed by atoms with Crippen molar-refractivity contribution in [3.05, 3.63) is 41.8 Å². The molecule has 5 aliphatic heterocycles. The number of piperidine rings is 1. The van der Waals surface area contributed by atoms with Crippen LogP contribution in [0.15, 0.2) is 35.5 Å². The Morgan fingerprint density at radius 2 is 1.98 bits per heavy atom. The maximum Gasteiger partial charge on any atom is 0.280 e. The predicted molar refractivity (Wildman–Crippen MR) is 164 cm³/mol. The number of ether oxygens (including phenoxy) is 1. The van der Waals surface area contributed by atoms with Gasteiger partial charge in [0.2, 0.25) is 5.91 Å². The van der Waals surface area contributed by atoms with E-state index in [4.69, 9.17) is 15.5 Å². The molecule has 3 fully saturated rings. The van der Waals surface area contributed by atoms with Crippen molar-refractivity contribution in [1.82, 2.24) is 14.8 Å². The molecule has 3 unspecified atom stereocenters. The smallest absolute Gasteiger partial charge is 0.280 e. The molecule has 1 amide bonds. The summed E-state index contributed by atoms with van der Waals surface area (Å²) in [5.41, 5.74) is 8.45.